The van der Waals surface area contributed by atoms with Crippen molar-refractivity contribution in [2.24, 2.45) is 11.3 Å². The van der Waals surface area contributed by atoms with Crippen LogP contribution in [-0.2, 0) is 11.2 Å². The van der Waals surface area contributed by atoms with E-state index in [2.05, 4.69) is 23.7 Å². The average molecular weight is 401 g/mol. The highest BCUT2D eigenvalue weighted by molar-refractivity contribution is 5.83. The van der Waals surface area contributed by atoms with Crippen molar-refractivity contribution in [1.29, 1.82) is 0 Å². The van der Waals surface area contributed by atoms with Crippen molar-refractivity contribution in [1.82, 2.24) is 10.2 Å². The number of rotatable bonds is 6. The van der Waals surface area contributed by atoms with Gasteiger partial charge in [0.25, 0.3) is 0 Å². The van der Waals surface area contributed by atoms with Gasteiger partial charge in [-0.25, -0.2) is 4.39 Å². The lowest BCUT2D eigenvalue weighted by Crippen LogP contribution is -2.52. The highest BCUT2D eigenvalue weighted by Gasteiger charge is 2.43. The largest absolute Gasteiger partial charge is 0.351 e. The van der Waals surface area contributed by atoms with Crippen LogP contribution < -0.4 is 5.32 Å². The SMILES string of the molecule is C=CCCC(C)(C(=O)NC(C)(C)C)C1CCN(C2CCc3ccc(F)cc32)CC1. The van der Waals surface area contributed by atoms with Crippen LogP contribution in [0.25, 0.3) is 0 Å². The van der Waals surface area contributed by atoms with Gasteiger partial charge in [-0.15, -0.1) is 6.58 Å². The number of likely N-dealkylation sites (tertiary alicyclic amines) is 1. The highest BCUT2D eigenvalue weighted by Crippen LogP contribution is 2.43. The maximum atomic E-state index is 13.8. The third-order valence-electron chi connectivity index (χ3n) is 6.90. The van der Waals surface area contributed by atoms with Crippen LogP contribution in [-0.4, -0.2) is 29.4 Å². The number of nitrogens with zero attached hydrogens (tertiary/aromatic N) is 1. The van der Waals surface area contributed by atoms with Gasteiger partial charge >= 0.3 is 0 Å². The van der Waals surface area contributed by atoms with E-state index in [0.717, 1.165) is 51.6 Å². The molecule has 1 aliphatic heterocycles. The van der Waals surface area contributed by atoms with Gasteiger partial charge in [0.1, 0.15) is 5.82 Å². The molecule has 0 spiro atoms. The quantitative estimate of drug-likeness (QED) is 0.647. The predicted molar refractivity (Wildman–Crippen MR) is 117 cm³/mol. The van der Waals surface area contributed by atoms with Gasteiger partial charge in [0, 0.05) is 17.0 Å². The first-order chi connectivity index (χ1) is 13.6. The van der Waals surface area contributed by atoms with E-state index in [1.807, 2.05) is 32.9 Å². The normalized spacial score (nSPS) is 22.7. The summed E-state index contributed by atoms with van der Waals surface area (Å²) in [4.78, 5) is 15.7. The molecule has 160 valence electrons. The number of nitrogens with one attached hydrogen (secondary N) is 1. The highest BCUT2D eigenvalue weighted by atomic mass is 19.1. The van der Waals surface area contributed by atoms with Crippen LogP contribution >= 0.6 is 0 Å². The molecule has 1 aromatic rings. The standard InChI is InChI=1S/C25H37FN2O/c1-6-7-14-25(5,23(29)27-24(2,3)4)19-12-15-28(16-13-19)22-11-9-18-8-10-20(26)17-21(18)22/h6,8,10,17,19,22H,1,7,9,11-16H2,2-5H3,(H,27,29). The molecule has 0 saturated carbocycles. The second kappa shape index (κ2) is 8.59. The molecular formula is C25H37FN2O. The van der Waals surface area contributed by atoms with E-state index in [1.165, 1.54) is 11.1 Å². The van der Waals surface area contributed by atoms with Gasteiger partial charge in [0.15, 0.2) is 0 Å². The zero-order chi connectivity index (χ0) is 21.2. The molecule has 1 aromatic carbocycles. The first-order valence-corrected chi connectivity index (χ1v) is 11.1. The summed E-state index contributed by atoms with van der Waals surface area (Å²) in [6.45, 7) is 14.1. The smallest absolute Gasteiger partial charge is 0.226 e. The van der Waals surface area contributed by atoms with Gasteiger partial charge in [0.2, 0.25) is 5.91 Å². The number of benzene rings is 1. The van der Waals surface area contributed by atoms with Crippen molar-refractivity contribution in [2.75, 3.05) is 13.1 Å². The molecule has 0 aromatic heterocycles. The maximum absolute atomic E-state index is 13.8. The molecule has 0 bridgehead atoms. The average Bonchev–Trinajstić information content (AvgIpc) is 3.07. The molecule has 29 heavy (non-hydrogen) atoms. The first kappa shape index (κ1) is 22.0. The van der Waals surface area contributed by atoms with E-state index >= 15 is 0 Å². The summed E-state index contributed by atoms with van der Waals surface area (Å²) < 4.78 is 13.8. The van der Waals surface area contributed by atoms with E-state index in [-0.39, 0.29) is 22.7 Å². The fraction of sp³-hybridized carbons (Fsp3) is 0.640. The number of amides is 1. The Kier molecular flexibility index (Phi) is 6.52. The Morgan fingerprint density at radius 1 is 1.24 bits per heavy atom. The first-order valence-electron chi connectivity index (χ1n) is 11.1. The van der Waals surface area contributed by atoms with Crippen LogP contribution in [0.5, 0.6) is 0 Å². The third kappa shape index (κ3) is 4.91. The summed E-state index contributed by atoms with van der Waals surface area (Å²) in [5.74, 6) is 0.384. The summed E-state index contributed by atoms with van der Waals surface area (Å²) in [6.07, 6.45) is 7.72. The molecule has 1 fully saturated rings. The maximum Gasteiger partial charge on any atom is 0.226 e. The van der Waals surface area contributed by atoms with Crippen LogP contribution in [0.15, 0.2) is 30.9 Å². The number of carbonyl (C=O) groups is 1. The Morgan fingerprint density at radius 2 is 1.93 bits per heavy atom. The topological polar surface area (TPSA) is 32.3 Å². The minimum atomic E-state index is -0.382. The zero-order valence-corrected chi connectivity index (χ0v) is 18.6. The van der Waals surface area contributed by atoms with Crippen LogP contribution in [0.4, 0.5) is 4.39 Å². The molecule has 3 rings (SSSR count). The number of fused-ring (bicyclic) bond motifs is 1. The van der Waals surface area contributed by atoms with E-state index in [4.69, 9.17) is 0 Å². The lowest BCUT2D eigenvalue weighted by atomic mass is 9.68. The van der Waals surface area contributed by atoms with E-state index in [1.54, 1.807) is 12.1 Å². The van der Waals surface area contributed by atoms with Crippen molar-refractivity contribution in [3.63, 3.8) is 0 Å². The Bertz CT molecular complexity index is 746. The molecular weight excluding hydrogens is 363 g/mol. The minimum absolute atomic E-state index is 0.138. The summed E-state index contributed by atoms with van der Waals surface area (Å²) in [7, 11) is 0. The van der Waals surface area contributed by atoms with Gasteiger partial charge in [-0.1, -0.05) is 19.1 Å². The van der Waals surface area contributed by atoms with Gasteiger partial charge in [-0.3, -0.25) is 9.69 Å². The molecule has 3 nitrogen and oxygen atoms in total. The molecule has 1 amide bonds. The van der Waals surface area contributed by atoms with E-state index in [0.29, 0.717) is 12.0 Å². The van der Waals surface area contributed by atoms with Crippen molar-refractivity contribution < 1.29 is 9.18 Å². The van der Waals surface area contributed by atoms with Crippen molar-refractivity contribution in [2.45, 2.75) is 77.8 Å². The van der Waals surface area contributed by atoms with Crippen LogP contribution in [0.2, 0.25) is 0 Å². The molecule has 1 aliphatic carbocycles. The van der Waals surface area contributed by atoms with Crippen LogP contribution in [0.1, 0.15) is 77.0 Å². The summed E-state index contributed by atoms with van der Waals surface area (Å²) in [5, 5.41) is 3.22. The molecule has 2 atom stereocenters. The van der Waals surface area contributed by atoms with Crippen LogP contribution in [0.3, 0.4) is 0 Å². The van der Waals surface area contributed by atoms with Gasteiger partial charge < -0.3 is 5.32 Å². The lowest BCUT2D eigenvalue weighted by Gasteiger charge is -2.44. The number of carbonyl (C=O) groups excluding carboxylic acids is 1. The molecule has 4 heteroatoms. The molecule has 2 unspecified atom stereocenters. The predicted octanol–water partition coefficient (Wildman–Crippen LogP) is 5.41. The number of hydrogen-bond donors (Lipinski definition) is 1. The number of hydrogen-bond acceptors (Lipinski definition) is 2. The van der Waals surface area contributed by atoms with Gasteiger partial charge in [-0.2, -0.15) is 0 Å². The van der Waals surface area contributed by atoms with E-state index in [9.17, 15) is 9.18 Å². The van der Waals surface area contributed by atoms with Gasteiger partial charge in [-0.05, 0) is 102 Å². The second-order valence-corrected chi connectivity index (χ2v) is 10.2. The Labute approximate surface area is 175 Å². The Balaban J connectivity index is 1.70. The van der Waals surface area contributed by atoms with E-state index < -0.39 is 0 Å². The molecule has 1 saturated heterocycles. The summed E-state index contributed by atoms with van der Waals surface area (Å²) in [5.41, 5.74) is 1.85. The number of allylic oxidation sites excluding steroid dienone is 1. The number of aryl methyl sites for hydroxylation is 1. The monoisotopic (exact) mass is 400 g/mol. The lowest BCUT2D eigenvalue weighted by molar-refractivity contribution is -0.136. The molecule has 1 N–H and O–H groups in total. The van der Waals surface area contributed by atoms with Crippen molar-refractivity contribution >= 4 is 5.91 Å². The second-order valence-electron chi connectivity index (χ2n) is 10.2. The minimum Gasteiger partial charge on any atom is -0.351 e. The molecule has 0 radical (unpaired) electrons. The molecule has 1 heterocycles. The summed E-state index contributed by atoms with van der Waals surface area (Å²) >= 11 is 0. The summed E-state index contributed by atoms with van der Waals surface area (Å²) in [6, 6.07) is 5.57. The van der Waals surface area contributed by atoms with Crippen molar-refractivity contribution in [3.05, 3.63) is 47.8 Å². The number of piperidine rings is 1. The molecule has 2 aliphatic rings. The Hall–Kier alpha value is -1.68. The third-order valence-corrected chi connectivity index (χ3v) is 6.90. The Morgan fingerprint density at radius 3 is 2.55 bits per heavy atom. The van der Waals surface area contributed by atoms with Crippen LogP contribution in [0, 0.1) is 17.2 Å². The van der Waals surface area contributed by atoms with Gasteiger partial charge in [0.05, 0.1) is 0 Å². The zero-order valence-electron chi connectivity index (χ0n) is 18.6. The fourth-order valence-electron chi connectivity index (χ4n) is 5.17. The number of halogens is 1. The fourth-order valence-corrected chi connectivity index (χ4v) is 5.17. The van der Waals surface area contributed by atoms with Crippen molar-refractivity contribution in [3.8, 4) is 0 Å².